The van der Waals surface area contributed by atoms with Crippen LogP contribution in [0.15, 0.2) is 59.0 Å². The minimum Gasteiger partial charge on any atom is -0.419 e. The van der Waals surface area contributed by atoms with Crippen molar-refractivity contribution in [2.24, 2.45) is 0 Å². The monoisotopic (exact) mass is 525 g/mol. The van der Waals surface area contributed by atoms with E-state index >= 15 is 0 Å². The zero-order chi connectivity index (χ0) is 24.0. The van der Waals surface area contributed by atoms with E-state index in [0.717, 1.165) is 0 Å². The summed E-state index contributed by atoms with van der Waals surface area (Å²) in [4.78, 5) is 29.2. The van der Waals surface area contributed by atoms with Crippen molar-refractivity contribution < 1.29 is 23.5 Å². The molecule has 0 unspecified atom stereocenters. The van der Waals surface area contributed by atoms with Crippen molar-refractivity contribution in [3.8, 4) is 5.69 Å². The summed E-state index contributed by atoms with van der Waals surface area (Å²) in [6.07, 6.45) is 6.42. The lowest BCUT2D eigenvalue weighted by Crippen LogP contribution is -2.41. The normalized spacial score (nSPS) is 15.4. The minimum atomic E-state index is -1.32. The van der Waals surface area contributed by atoms with Gasteiger partial charge in [0.05, 0.1) is 12.7 Å². The van der Waals surface area contributed by atoms with Crippen molar-refractivity contribution in [2.75, 3.05) is 0 Å². The topological polar surface area (TPSA) is 101 Å². The minimum absolute atomic E-state index is 0.209. The maximum Gasteiger partial charge on any atom is 0.348 e. The number of ether oxygens (including phenoxy) is 2. The molecule has 0 N–H and O–H groups in total. The lowest BCUT2D eigenvalue weighted by Gasteiger charge is -2.29. The lowest BCUT2D eigenvalue weighted by molar-refractivity contribution is -0.222. The first-order valence-electron chi connectivity index (χ1n) is 10.2. The fourth-order valence-electron chi connectivity index (χ4n) is 3.65. The maximum atomic E-state index is 14.3. The van der Waals surface area contributed by atoms with E-state index in [0.29, 0.717) is 26.8 Å². The highest BCUT2D eigenvalue weighted by atomic mass is 79.9. The fourth-order valence-corrected chi connectivity index (χ4v) is 3.98. The average Bonchev–Trinajstić information content (AvgIpc) is 3.35. The third kappa shape index (κ3) is 4.10. The number of nitrogens with zero attached hydrogens (tertiary/aromatic N) is 5. The molecule has 0 bridgehead atoms. The van der Waals surface area contributed by atoms with Gasteiger partial charge in [-0.05, 0) is 36.4 Å². The molecule has 5 rings (SSSR count). The second-order valence-corrected chi connectivity index (χ2v) is 8.99. The number of cyclic esters (lactones) is 2. The maximum absolute atomic E-state index is 14.3. The molecule has 0 spiro atoms. The van der Waals surface area contributed by atoms with Gasteiger partial charge >= 0.3 is 11.9 Å². The molecule has 172 valence electrons. The van der Waals surface area contributed by atoms with Crippen LogP contribution in [0.25, 0.3) is 22.8 Å². The second kappa shape index (κ2) is 8.17. The second-order valence-electron chi connectivity index (χ2n) is 8.07. The van der Waals surface area contributed by atoms with E-state index in [9.17, 15) is 14.0 Å². The van der Waals surface area contributed by atoms with Crippen molar-refractivity contribution in [3.63, 3.8) is 0 Å². The molecule has 0 radical (unpaired) electrons. The first-order chi connectivity index (χ1) is 16.2. The molecular weight excluding hydrogens is 509 g/mol. The summed E-state index contributed by atoms with van der Waals surface area (Å²) in [7, 11) is 0. The Hall–Kier alpha value is -3.86. The molecule has 1 saturated heterocycles. The van der Waals surface area contributed by atoms with E-state index < -0.39 is 23.5 Å². The Balaban J connectivity index is 1.49. The Labute approximate surface area is 200 Å². The number of fused-ring (bicyclic) bond motifs is 1. The quantitative estimate of drug-likeness (QED) is 0.227. The fraction of sp³-hybridized carbons (Fsp3) is 0.174. The van der Waals surface area contributed by atoms with E-state index in [1.807, 2.05) is 6.07 Å². The molecule has 11 heteroatoms. The molecule has 4 aromatic rings. The Morgan fingerprint density at radius 1 is 1.15 bits per heavy atom. The molecule has 0 aliphatic carbocycles. The highest BCUT2D eigenvalue weighted by Crippen LogP contribution is 2.28. The summed E-state index contributed by atoms with van der Waals surface area (Å²) in [5, 5.41) is 8.89. The number of esters is 2. The zero-order valence-electron chi connectivity index (χ0n) is 18.0. The Morgan fingerprint density at radius 3 is 2.65 bits per heavy atom. The highest BCUT2D eigenvalue weighted by molar-refractivity contribution is 9.10. The van der Waals surface area contributed by atoms with Crippen molar-refractivity contribution in [1.82, 2.24) is 24.5 Å². The molecule has 1 aliphatic rings. The summed E-state index contributed by atoms with van der Waals surface area (Å²) < 4.78 is 28.4. The van der Waals surface area contributed by atoms with E-state index in [1.165, 1.54) is 30.7 Å². The van der Waals surface area contributed by atoms with Crippen molar-refractivity contribution >= 4 is 45.0 Å². The van der Waals surface area contributed by atoms with Gasteiger partial charge in [0.25, 0.3) is 5.79 Å². The van der Waals surface area contributed by atoms with Crippen molar-refractivity contribution in [3.05, 3.63) is 76.0 Å². The van der Waals surface area contributed by atoms with Crippen LogP contribution in [0.2, 0.25) is 0 Å². The predicted molar refractivity (Wildman–Crippen MR) is 122 cm³/mol. The molecule has 9 nitrogen and oxygen atoms in total. The van der Waals surface area contributed by atoms with Crippen LogP contribution in [0.1, 0.15) is 25.1 Å². The van der Waals surface area contributed by atoms with Gasteiger partial charge in [0.2, 0.25) is 0 Å². The van der Waals surface area contributed by atoms with Crippen molar-refractivity contribution in [1.29, 1.82) is 0 Å². The van der Waals surface area contributed by atoms with Gasteiger partial charge < -0.3 is 14.0 Å². The largest absolute Gasteiger partial charge is 0.419 e. The van der Waals surface area contributed by atoms with Crippen LogP contribution >= 0.6 is 15.9 Å². The number of carbonyl (C=O) groups is 2. The predicted octanol–water partition coefficient (Wildman–Crippen LogP) is 3.79. The number of halogens is 2. The first-order valence-corrected chi connectivity index (χ1v) is 11.0. The van der Waals surface area contributed by atoms with Crippen LogP contribution < -0.4 is 0 Å². The van der Waals surface area contributed by atoms with Crippen molar-refractivity contribution in [2.45, 2.75) is 26.2 Å². The number of hydrogen-bond donors (Lipinski definition) is 0. The third-order valence-electron chi connectivity index (χ3n) is 5.11. The number of benzene rings is 1. The van der Waals surface area contributed by atoms with Crippen LogP contribution in [0, 0.1) is 5.82 Å². The smallest absolute Gasteiger partial charge is 0.348 e. The van der Waals surface area contributed by atoms with Gasteiger partial charge in [-0.2, -0.15) is 0 Å². The SMILES string of the molecule is CC1(C)OC(=O)C(=Cc2cn(Cc3cn(-c4ccc(Br)cc4F)nn3)c3ncccc23)C(=O)O1. The van der Waals surface area contributed by atoms with E-state index in [4.69, 9.17) is 9.47 Å². The van der Waals surface area contributed by atoms with Crippen LogP contribution in [-0.2, 0) is 25.6 Å². The average molecular weight is 526 g/mol. The zero-order valence-corrected chi connectivity index (χ0v) is 19.6. The Kier molecular flexibility index (Phi) is 5.28. The van der Waals surface area contributed by atoms with E-state index in [2.05, 4.69) is 31.2 Å². The van der Waals surface area contributed by atoms with Gasteiger partial charge in [0.1, 0.15) is 28.4 Å². The molecular formula is C23H17BrFN5O4. The van der Waals surface area contributed by atoms with Crippen LogP contribution in [0.5, 0.6) is 0 Å². The molecule has 1 aromatic carbocycles. The number of pyridine rings is 1. The molecule has 0 saturated carbocycles. The molecule has 1 aliphatic heterocycles. The highest BCUT2D eigenvalue weighted by Gasteiger charge is 2.39. The van der Waals surface area contributed by atoms with Crippen LogP contribution in [0.3, 0.4) is 0 Å². The van der Waals surface area contributed by atoms with E-state index in [-0.39, 0.29) is 17.8 Å². The standard InChI is InChI=1S/C23H17BrFN5O4/c1-23(2)33-21(31)17(22(32)34-23)8-13-10-29(20-16(13)4-3-7-26-20)11-15-12-30(28-27-15)19-6-5-14(24)9-18(19)25/h3-10,12H,11H2,1-2H3. The Morgan fingerprint density at radius 2 is 1.91 bits per heavy atom. The molecule has 0 atom stereocenters. The number of carbonyl (C=O) groups excluding carboxylic acids is 2. The molecule has 34 heavy (non-hydrogen) atoms. The number of aromatic nitrogens is 5. The molecule has 1 fully saturated rings. The van der Waals surface area contributed by atoms with E-state index in [1.54, 1.807) is 41.4 Å². The summed E-state index contributed by atoms with van der Waals surface area (Å²) in [6, 6.07) is 8.23. The van der Waals surface area contributed by atoms with Gasteiger partial charge in [0, 0.05) is 41.7 Å². The number of hydrogen-bond acceptors (Lipinski definition) is 7. The summed E-state index contributed by atoms with van der Waals surface area (Å²) in [5.41, 5.74) is 1.80. The first kappa shape index (κ1) is 22.0. The molecule has 0 amide bonds. The van der Waals surface area contributed by atoms with Gasteiger partial charge in [-0.1, -0.05) is 21.1 Å². The van der Waals surface area contributed by atoms with Gasteiger partial charge in [-0.25, -0.2) is 23.6 Å². The molecule has 3 aromatic heterocycles. The van der Waals surface area contributed by atoms with Crippen LogP contribution in [-0.4, -0.2) is 42.3 Å². The lowest BCUT2D eigenvalue weighted by atomic mass is 10.1. The summed E-state index contributed by atoms with van der Waals surface area (Å²) in [5.74, 6) is -3.28. The summed E-state index contributed by atoms with van der Waals surface area (Å²) >= 11 is 3.23. The molecule has 4 heterocycles. The Bertz CT molecular complexity index is 1470. The van der Waals surface area contributed by atoms with Gasteiger partial charge in [0.15, 0.2) is 0 Å². The van der Waals surface area contributed by atoms with Gasteiger partial charge in [-0.15, -0.1) is 5.10 Å². The number of rotatable bonds is 4. The third-order valence-corrected chi connectivity index (χ3v) is 5.60. The van der Waals surface area contributed by atoms with Gasteiger partial charge in [-0.3, -0.25) is 0 Å². The van der Waals surface area contributed by atoms with Crippen LogP contribution in [0.4, 0.5) is 4.39 Å². The summed E-state index contributed by atoms with van der Waals surface area (Å²) in [6.45, 7) is 3.25.